The Morgan fingerprint density at radius 3 is 2.72 bits per heavy atom. The lowest BCUT2D eigenvalue weighted by atomic mass is 9.97. The maximum Gasteiger partial charge on any atom is 0.129 e. The van der Waals surface area contributed by atoms with Crippen LogP contribution in [-0.2, 0) is 0 Å². The van der Waals surface area contributed by atoms with Crippen LogP contribution in [0.4, 0.5) is 5.82 Å². The van der Waals surface area contributed by atoms with Gasteiger partial charge in [-0.25, -0.2) is 9.97 Å². The molecule has 18 heavy (non-hydrogen) atoms. The first kappa shape index (κ1) is 13.3. The Morgan fingerprint density at radius 2 is 2.06 bits per heavy atom. The molecule has 0 bridgehead atoms. The monoisotopic (exact) mass is 248 g/mol. The van der Waals surface area contributed by atoms with E-state index in [-0.39, 0.29) is 0 Å². The molecule has 1 saturated heterocycles. The molecule has 0 aliphatic carbocycles. The molecule has 0 saturated carbocycles. The second-order valence-electron chi connectivity index (χ2n) is 5.61. The Morgan fingerprint density at radius 1 is 1.33 bits per heavy atom. The molecule has 0 aromatic carbocycles. The molecule has 0 radical (unpaired) electrons. The van der Waals surface area contributed by atoms with Gasteiger partial charge in [-0.05, 0) is 44.8 Å². The highest BCUT2D eigenvalue weighted by atomic mass is 15.1. The van der Waals surface area contributed by atoms with E-state index in [0.29, 0.717) is 5.92 Å². The van der Waals surface area contributed by atoms with Crippen molar-refractivity contribution in [2.24, 2.45) is 5.92 Å². The second-order valence-corrected chi connectivity index (χ2v) is 5.61. The minimum Gasteiger partial charge on any atom is -0.370 e. The van der Waals surface area contributed by atoms with E-state index < -0.39 is 0 Å². The summed E-state index contributed by atoms with van der Waals surface area (Å²) >= 11 is 0. The lowest BCUT2D eigenvalue weighted by Gasteiger charge is -2.29. The number of rotatable bonds is 4. The van der Waals surface area contributed by atoms with E-state index in [2.05, 4.69) is 47.1 Å². The first-order valence-electron chi connectivity index (χ1n) is 6.89. The van der Waals surface area contributed by atoms with E-state index >= 15 is 0 Å². The average Bonchev–Trinajstić information content (AvgIpc) is 2.38. The fourth-order valence-corrected chi connectivity index (χ4v) is 2.30. The molecule has 0 unspecified atom stereocenters. The fraction of sp³-hybridized carbons (Fsp3) is 0.714. The summed E-state index contributed by atoms with van der Waals surface area (Å²) in [4.78, 5) is 11.0. The number of nitrogens with one attached hydrogen (secondary N) is 1. The number of hydrogen-bond acceptors (Lipinski definition) is 4. The van der Waals surface area contributed by atoms with Crippen molar-refractivity contribution >= 4 is 5.82 Å². The highest BCUT2D eigenvalue weighted by molar-refractivity contribution is 5.35. The number of nitrogens with zero attached hydrogens (tertiary/aromatic N) is 3. The van der Waals surface area contributed by atoms with E-state index in [1.807, 2.05) is 0 Å². The largest absolute Gasteiger partial charge is 0.370 e. The van der Waals surface area contributed by atoms with Crippen molar-refractivity contribution in [2.75, 3.05) is 32.0 Å². The molecule has 2 heterocycles. The van der Waals surface area contributed by atoms with Gasteiger partial charge >= 0.3 is 0 Å². The van der Waals surface area contributed by atoms with E-state index in [4.69, 9.17) is 0 Å². The van der Waals surface area contributed by atoms with Crippen molar-refractivity contribution in [2.45, 2.75) is 32.6 Å². The standard InChI is InChI=1S/C14H24N4/c1-11(2)13-8-14(17-10-16-13)15-9-12-4-6-18(3)7-5-12/h8,10-12H,4-7,9H2,1-3H3,(H,15,16,17). The van der Waals surface area contributed by atoms with Gasteiger partial charge < -0.3 is 10.2 Å². The number of piperidine rings is 1. The zero-order valence-corrected chi connectivity index (χ0v) is 11.7. The van der Waals surface area contributed by atoms with Crippen LogP contribution < -0.4 is 5.32 Å². The van der Waals surface area contributed by atoms with Gasteiger partial charge in [-0.3, -0.25) is 0 Å². The van der Waals surface area contributed by atoms with Gasteiger partial charge in [0.2, 0.25) is 0 Å². The van der Waals surface area contributed by atoms with Crippen LogP contribution in [0.5, 0.6) is 0 Å². The van der Waals surface area contributed by atoms with Crippen LogP contribution in [0, 0.1) is 5.92 Å². The Balaban J connectivity index is 1.84. The van der Waals surface area contributed by atoms with E-state index in [1.54, 1.807) is 6.33 Å². The second kappa shape index (κ2) is 6.14. The summed E-state index contributed by atoms with van der Waals surface area (Å²) in [6.07, 6.45) is 4.23. The van der Waals surface area contributed by atoms with E-state index in [0.717, 1.165) is 24.0 Å². The van der Waals surface area contributed by atoms with E-state index in [1.165, 1.54) is 25.9 Å². The Bertz CT molecular complexity index is 370. The molecule has 1 aliphatic heterocycles. The molecule has 4 nitrogen and oxygen atoms in total. The molecule has 0 atom stereocenters. The zero-order valence-electron chi connectivity index (χ0n) is 11.7. The third-order valence-corrected chi connectivity index (χ3v) is 3.69. The smallest absolute Gasteiger partial charge is 0.129 e. The van der Waals surface area contributed by atoms with Crippen LogP contribution in [0.15, 0.2) is 12.4 Å². The Labute approximate surface area is 110 Å². The van der Waals surface area contributed by atoms with E-state index in [9.17, 15) is 0 Å². The van der Waals surface area contributed by atoms with Crippen LogP contribution >= 0.6 is 0 Å². The number of anilines is 1. The van der Waals surface area contributed by atoms with Crippen molar-refractivity contribution in [1.82, 2.24) is 14.9 Å². The lowest BCUT2D eigenvalue weighted by molar-refractivity contribution is 0.226. The molecule has 0 spiro atoms. The molecule has 1 aromatic heterocycles. The summed E-state index contributed by atoms with van der Waals surface area (Å²) in [5.41, 5.74) is 1.11. The fourth-order valence-electron chi connectivity index (χ4n) is 2.30. The molecular formula is C14H24N4. The highest BCUT2D eigenvalue weighted by Gasteiger charge is 2.16. The molecular weight excluding hydrogens is 224 g/mol. The summed E-state index contributed by atoms with van der Waals surface area (Å²) in [5, 5.41) is 3.45. The highest BCUT2D eigenvalue weighted by Crippen LogP contribution is 2.18. The van der Waals surface area contributed by atoms with Gasteiger partial charge in [0, 0.05) is 18.3 Å². The summed E-state index contributed by atoms with van der Waals surface area (Å²) in [5.74, 6) is 2.20. The van der Waals surface area contributed by atoms with Crippen LogP contribution in [0.25, 0.3) is 0 Å². The van der Waals surface area contributed by atoms with Crippen LogP contribution in [0.1, 0.15) is 38.3 Å². The van der Waals surface area contributed by atoms with Crippen molar-refractivity contribution in [3.63, 3.8) is 0 Å². The predicted octanol–water partition coefficient (Wildman–Crippen LogP) is 2.35. The molecule has 1 aliphatic rings. The minimum absolute atomic E-state index is 0.455. The molecule has 1 fully saturated rings. The summed E-state index contributed by atoms with van der Waals surface area (Å²) in [6, 6.07) is 2.07. The minimum atomic E-state index is 0.455. The third kappa shape index (κ3) is 3.67. The first-order valence-corrected chi connectivity index (χ1v) is 6.89. The molecule has 0 amide bonds. The topological polar surface area (TPSA) is 41.0 Å². The third-order valence-electron chi connectivity index (χ3n) is 3.69. The lowest BCUT2D eigenvalue weighted by Crippen LogP contribution is -2.33. The predicted molar refractivity (Wildman–Crippen MR) is 74.8 cm³/mol. The van der Waals surface area contributed by atoms with Gasteiger partial charge in [-0.2, -0.15) is 0 Å². The molecule has 1 aromatic rings. The van der Waals surface area contributed by atoms with Crippen LogP contribution in [0.2, 0.25) is 0 Å². The number of hydrogen-bond donors (Lipinski definition) is 1. The SMILES string of the molecule is CC(C)c1cc(NCC2CCN(C)CC2)ncn1. The quantitative estimate of drug-likeness (QED) is 0.888. The average molecular weight is 248 g/mol. The molecule has 2 rings (SSSR count). The Hall–Kier alpha value is -1.16. The molecule has 100 valence electrons. The normalized spacial score (nSPS) is 18.2. The van der Waals surface area contributed by atoms with Crippen molar-refractivity contribution in [3.05, 3.63) is 18.1 Å². The van der Waals surface area contributed by atoms with Crippen molar-refractivity contribution in [3.8, 4) is 0 Å². The van der Waals surface area contributed by atoms with Gasteiger partial charge in [0.25, 0.3) is 0 Å². The maximum atomic E-state index is 4.29. The zero-order chi connectivity index (χ0) is 13.0. The van der Waals surface area contributed by atoms with Crippen molar-refractivity contribution < 1.29 is 0 Å². The van der Waals surface area contributed by atoms with Crippen LogP contribution in [-0.4, -0.2) is 41.5 Å². The number of likely N-dealkylation sites (tertiary alicyclic amines) is 1. The molecule has 1 N–H and O–H groups in total. The van der Waals surface area contributed by atoms with Gasteiger partial charge in [-0.15, -0.1) is 0 Å². The summed E-state index contributed by atoms with van der Waals surface area (Å²) in [7, 11) is 2.20. The number of aromatic nitrogens is 2. The molecule has 4 heteroatoms. The van der Waals surface area contributed by atoms with Crippen molar-refractivity contribution in [1.29, 1.82) is 0 Å². The maximum absolute atomic E-state index is 4.29. The summed E-state index contributed by atoms with van der Waals surface area (Å²) < 4.78 is 0. The van der Waals surface area contributed by atoms with Gasteiger partial charge in [0.15, 0.2) is 0 Å². The van der Waals surface area contributed by atoms with Gasteiger partial charge in [0.1, 0.15) is 12.1 Å². The van der Waals surface area contributed by atoms with Gasteiger partial charge in [-0.1, -0.05) is 13.8 Å². The summed E-state index contributed by atoms with van der Waals surface area (Å²) in [6.45, 7) is 7.77. The Kier molecular flexibility index (Phi) is 4.53. The first-order chi connectivity index (χ1) is 8.65. The van der Waals surface area contributed by atoms with Crippen LogP contribution in [0.3, 0.4) is 0 Å². The van der Waals surface area contributed by atoms with Gasteiger partial charge in [0.05, 0.1) is 0 Å².